The summed E-state index contributed by atoms with van der Waals surface area (Å²) in [5.41, 5.74) is 0. The lowest BCUT2D eigenvalue weighted by molar-refractivity contribution is 0.0793. The fourth-order valence-electron chi connectivity index (χ4n) is 3.39. The molecule has 2 saturated heterocycles. The van der Waals surface area contributed by atoms with Gasteiger partial charge in [0, 0.05) is 63.1 Å². The summed E-state index contributed by atoms with van der Waals surface area (Å²) >= 11 is 1.94. The van der Waals surface area contributed by atoms with Crippen LogP contribution in [0.15, 0.2) is 23.5 Å². The van der Waals surface area contributed by atoms with Crippen molar-refractivity contribution in [2.45, 2.75) is 24.5 Å². The van der Waals surface area contributed by atoms with Gasteiger partial charge in [-0.25, -0.2) is 9.97 Å². The number of rotatable bonds is 5. The van der Waals surface area contributed by atoms with Crippen LogP contribution in [0.2, 0.25) is 0 Å². The van der Waals surface area contributed by atoms with E-state index in [1.165, 1.54) is 0 Å². The summed E-state index contributed by atoms with van der Waals surface area (Å²) < 4.78 is 5.77. The third-order valence-electron chi connectivity index (χ3n) is 5.10. The summed E-state index contributed by atoms with van der Waals surface area (Å²) in [6, 6.07) is 1.85. The molecule has 0 atom stereocenters. The standard InChI is InChI=1S/C18H30N6OS.HI/c1-3-19-16(22-15-18(26-2)5-13-25-14-6-18)23-9-11-24(12-10-23)17-20-7-4-8-21-17;/h4,7-8H,3,5-6,9-15H2,1-2H3,(H,19,22);1H. The molecular formula is C18H31IN6OS. The third kappa shape index (κ3) is 6.08. The Bertz CT molecular complexity index is 576. The van der Waals surface area contributed by atoms with E-state index in [1.54, 1.807) is 12.4 Å². The van der Waals surface area contributed by atoms with Crippen molar-refractivity contribution >= 4 is 47.6 Å². The number of halogens is 1. The molecule has 2 fully saturated rings. The molecule has 0 aromatic carbocycles. The highest BCUT2D eigenvalue weighted by Crippen LogP contribution is 2.34. The highest BCUT2D eigenvalue weighted by atomic mass is 127. The Morgan fingerprint density at radius 3 is 2.48 bits per heavy atom. The Kier molecular flexibility index (Phi) is 9.37. The van der Waals surface area contributed by atoms with Crippen molar-refractivity contribution in [3.63, 3.8) is 0 Å². The summed E-state index contributed by atoms with van der Waals surface area (Å²) in [4.78, 5) is 18.3. The van der Waals surface area contributed by atoms with Gasteiger partial charge in [-0.05, 0) is 32.1 Å². The molecule has 0 amide bonds. The zero-order chi connectivity index (χ0) is 18.2. The molecule has 1 N–H and O–H groups in total. The smallest absolute Gasteiger partial charge is 0.225 e. The molecule has 0 spiro atoms. The molecule has 1 aromatic heterocycles. The van der Waals surface area contributed by atoms with Gasteiger partial charge in [-0.2, -0.15) is 11.8 Å². The van der Waals surface area contributed by atoms with Crippen LogP contribution in [0.1, 0.15) is 19.8 Å². The number of aromatic nitrogens is 2. The number of hydrogen-bond donors (Lipinski definition) is 1. The Hall–Kier alpha value is -0.810. The number of aliphatic imine (C=N–C) groups is 1. The minimum Gasteiger partial charge on any atom is -0.381 e. The third-order valence-corrected chi connectivity index (χ3v) is 6.51. The van der Waals surface area contributed by atoms with Crippen LogP contribution in [0.5, 0.6) is 0 Å². The minimum absolute atomic E-state index is 0. The van der Waals surface area contributed by atoms with E-state index >= 15 is 0 Å². The molecule has 9 heteroatoms. The Morgan fingerprint density at radius 1 is 1.22 bits per heavy atom. The Labute approximate surface area is 183 Å². The highest BCUT2D eigenvalue weighted by molar-refractivity contribution is 14.0. The first-order valence-corrected chi connectivity index (χ1v) is 10.7. The maximum absolute atomic E-state index is 5.55. The van der Waals surface area contributed by atoms with Crippen molar-refractivity contribution in [1.82, 2.24) is 20.2 Å². The van der Waals surface area contributed by atoms with Gasteiger partial charge in [0.25, 0.3) is 0 Å². The first-order chi connectivity index (χ1) is 12.8. The second kappa shape index (κ2) is 11.3. The van der Waals surface area contributed by atoms with E-state index in [-0.39, 0.29) is 28.7 Å². The largest absolute Gasteiger partial charge is 0.381 e. The molecule has 2 aliphatic rings. The maximum atomic E-state index is 5.55. The first-order valence-electron chi connectivity index (χ1n) is 9.44. The molecule has 0 aliphatic carbocycles. The van der Waals surface area contributed by atoms with Crippen molar-refractivity contribution in [1.29, 1.82) is 0 Å². The van der Waals surface area contributed by atoms with Crippen LogP contribution in [-0.2, 0) is 4.74 Å². The van der Waals surface area contributed by atoms with Crippen LogP contribution in [0.25, 0.3) is 0 Å². The van der Waals surface area contributed by atoms with Crippen molar-refractivity contribution in [2.75, 3.05) is 63.6 Å². The minimum atomic E-state index is 0. The summed E-state index contributed by atoms with van der Waals surface area (Å²) in [6.45, 7) is 9.25. The second-order valence-corrected chi connectivity index (χ2v) is 7.97. The summed E-state index contributed by atoms with van der Waals surface area (Å²) in [7, 11) is 0. The van der Waals surface area contributed by atoms with Gasteiger partial charge in [-0.15, -0.1) is 24.0 Å². The molecule has 3 rings (SSSR count). The van der Waals surface area contributed by atoms with Crippen LogP contribution in [0.4, 0.5) is 5.95 Å². The number of nitrogens with zero attached hydrogens (tertiary/aromatic N) is 5. The highest BCUT2D eigenvalue weighted by Gasteiger charge is 2.32. The topological polar surface area (TPSA) is 65.9 Å². The van der Waals surface area contributed by atoms with Crippen LogP contribution in [0, 0.1) is 0 Å². The number of guanidine groups is 1. The lowest BCUT2D eigenvalue weighted by Gasteiger charge is -2.38. The van der Waals surface area contributed by atoms with E-state index in [9.17, 15) is 0 Å². The van der Waals surface area contributed by atoms with Gasteiger partial charge in [0.2, 0.25) is 5.95 Å². The van der Waals surface area contributed by atoms with Gasteiger partial charge in [0.15, 0.2) is 5.96 Å². The van der Waals surface area contributed by atoms with E-state index in [2.05, 4.69) is 38.3 Å². The van der Waals surface area contributed by atoms with Crippen LogP contribution in [0.3, 0.4) is 0 Å². The van der Waals surface area contributed by atoms with Crippen LogP contribution >= 0.6 is 35.7 Å². The van der Waals surface area contributed by atoms with Gasteiger partial charge in [0.05, 0.1) is 6.54 Å². The number of nitrogens with one attached hydrogen (secondary N) is 1. The molecule has 3 heterocycles. The quantitative estimate of drug-likeness (QED) is 0.373. The van der Waals surface area contributed by atoms with E-state index in [0.29, 0.717) is 0 Å². The van der Waals surface area contributed by atoms with Gasteiger partial charge in [-0.3, -0.25) is 4.99 Å². The molecule has 0 saturated carbocycles. The number of thioether (sulfide) groups is 1. The van der Waals surface area contributed by atoms with E-state index < -0.39 is 0 Å². The van der Waals surface area contributed by atoms with Crippen molar-refractivity contribution < 1.29 is 4.74 Å². The van der Waals surface area contributed by atoms with Gasteiger partial charge >= 0.3 is 0 Å². The zero-order valence-electron chi connectivity index (χ0n) is 16.3. The molecule has 7 nitrogen and oxygen atoms in total. The Morgan fingerprint density at radius 2 is 1.89 bits per heavy atom. The lowest BCUT2D eigenvalue weighted by Crippen LogP contribution is -2.53. The average molecular weight is 506 g/mol. The molecule has 0 unspecified atom stereocenters. The second-order valence-electron chi connectivity index (χ2n) is 6.69. The van der Waals surface area contributed by atoms with Crippen LogP contribution < -0.4 is 10.2 Å². The zero-order valence-corrected chi connectivity index (χ0v) is 19.4. The van der Waals surface area contributed by atoms with E-state index in [0.717, 1.165) is 77.2 Å². The maximum Gasteiger partial charge on any atom is 0.225 e. The lowest BCUT2D eigenvalue weighted by atomic mass is 9.99. The predicted octanol–water partition coefficient (Wildman–Crippen LogP) is 2.09. The molecule has 152 valence electrons. The van der Waals surface area contributed by atoms with Gasteiger partial charge in [0.1, 0.15) is 0 Å². The normalized spacial score (nSPS) is 20.1. The SMILES string of the molecule is CCNC(=NCC1(SC)CCOCC1)N1CCN(c2ncccn2)CC1.I. The molecule has 0 bridgehead atoms. The summed E-state index contributed by atoms with van der Waals surface area (Å²) in [5, 5.41) is 3.47. The number of anilines is 1. The van der Waals surface area contributed by atoms with E-state index in [4.69, 9.17) is 9.73 Å². The molecule has 1 aromatic rings. The van der Waals surface area contributed by atoms with Gasteiger partial charge in [-0.1, -0.05) is 0 Å². The summed E-state index contributed by atoms with van der Waals surface area (Å²) in [5.74, 6) is 1.85. The average Bonchev–Trinajstić information content (AvgIpc) is 2.72. The molecule has 27 heavy (non-hydrogen) atoms. The monoisotopic (exact) mass is 506 g/mol. The van der Waals surface area contributed by atoms with Crippen molar-refractivity contribution in [3.8, 4) is 0 Å². The predicted molar refractivity (Wildman–Crippen MR) is 124 cm³/mol. The first kappa shape index (κ1) is 22.5. The van der Waals surface area contributed by atoms with Crippen molar-refractivity contribution in [2.24, 2.45) is 4.99 Å². The van der Waals surface area contributed by atoms with Crippen LogP contribution in [-0.4, -0.2) is 84.3 Å². The van der Waals surface area contributed by atoms with E-state index in [1.807, 2.05) is 17.8 Å². The summed E-state index contributed by atoms with van der Waals surface area (Å²) in [6.07, 6.45) is 7.96. The molecule has 2 aliphatic heterocycles. The Balaban J connectivity index is 0.00000261. The van der Waals surface area contributed by atoms with Gasteiger partial charge < -0.3 is 19.9 Å². The number of piperazine rings is 1. The molecular weight excluding hydrogens is 475 g/mol. The fourth-order valence-corrected chi connectivity index (χ4v) is 4.16. The number of ether oxygens (including phenoxy) is 1. The molecule has 0 radical (unpaired) electrons. The fraction of sp³-hybridized carbons (Fsp3) is 0.722. The number of hydrogen-bond acceptors (Lipinski definition) is 6. The van der Waals surface area contributed by atoms with Crippen molar-refractivity contribution in [3.05, 3.63) is 18.5 Å².